The molecule has 0 aliphatic rings. The summed E-state index contributed by atoms with van der Waals surface area (Å²) in [5, 5.41) is 0.119. The van der Waals surface area contributed by atoms with Crippen LogP contribution < -0.4 is 4.74 Å². The predicted molar refractivity (Wildman–Crippen MR) is 74.9 cm³/mol. The first-order valence-electron chi connectivity index (χ1n) is 4.98. The van der Waals surface area contributed by atoms with Gasteiger partial charge in [0.25, 0.3) is 0 Å². The van der Waals surface area contributed by atoms with E-state index in [0.29, 0.717) is 5.56 Å². The molecule has 0 bridgehead atoms. The molecule has 0 N–H and O–H groups in total. The lowest BCUT2D eigenvalue weighted by atomic mass is 10.2. The molecule has 0 unspecified atom stereocenters. The first kappa shape index (κ1) is 12.6. The van der Waals surface area contributed by atoms with Gasteiger partial charge in [0.15, 0.2) is 0 Å². The van der Waals surface area contributed by atoms with Gasteiger partial charge in [-0.1, -0.05) is 35.9 Å². The van der Waals surface area contributed by atoms with Crippen molar-refractivity contribution in [2.45, 2.75) is 6.61 Å². The van der Waals surface area contributed by atoms with Crippen molar-refractivity contribution >= 4 is 34.2 Å². The van der Waals surface area contributed by atoms with Crippen molar-refractivity contribution in [1.29, 1.82) is 0 Å². The lowest BCUT2D eigenvalue weighted by Crippen LogP contribution is -1.99. The van der Waals surface area contributed by atoms with Gasteiger partial charge in [-0.15, -0.1) is 0 Å². The highest BCUT2D eigenvalue weighted by Gasteiger charge is 2.07. The van der Waals surface area contributed by atoms with Gasteiger partial charge in [-0.2, -0.15) is 0 Å². The fraction of sp³-hybridized carbons (Fsp3) is 0.0769. The van der Waals surface area contributed by atoms with Gasteiger partial charge in [0.05, 0.1) is 8.59 Å². The Labute approximate surface area is 118 Å². The predicted octanol–water partition coefficient (Wildman–Crippen LogP) is 4.66. The van der Waals surface area contributed by atoms with E-state index in [2.05, 4.69) is 22.6 Å². The SMILES string of the molecule is Fc1c(Cl)cccc1COc1ccccc1I. The third kappa shape index (κ3) is 3.10. The summed E-state index contributed by atoms with van der Waals surface area (Å²) < 4.78 is 20.1. The first-order chi connectivity index (χ1) is 8.18. The molecule has 0 saturated carbocycles. The van der Waals surface area contributed by atoms with Gasteiger partial charge in [0, 0.05) is 5.56 Å². The molecule has 2 aromatic rings. The third-order valence-electron chi connectivity index (χ3n) is 2.25. The summed E-state index contributed by atoms with van der Waals surface area (Å²) in [5.74, 6) is 0.326. The van der Waals surface area contributed by atoms with Gasteiger partial charge < -0.3 is 4.74 Å². The van der Waals surface area contributed by atoms with E-state index in [4.69, 9.17) is 16.3 Å². The molecule has 2 rings (SSSR count). The van der Waals surface area contributed by atoms with Gasteiger partial charge in [-0.25, -0.2) is 4.39 Å². The van der Waals surface area contributed by atoms with Crippen LogP contribution in [0, 0.1) is 9.39 Å². The molecule has 0 atom stereocenters. The highest BCUT2D eigenvalue weighted by Crippen LogP contribution is 2.23. The van der Waals surface area contributed by atoms with Gasteiger partial charge in [-0.05, 0) is 40.8 Å². The van der Waals surface area contributed by atoms with E-state index in [0.717, 1.165) is 9.32 Å². The molecular formula is C13H9ClFIO. The van der Waals surface area contributed by atoms with Crippen LogP contribution in [-0.4, -0.2) is 0 Å². The van der Waals surface area contributed by atoms with Crippen LogP contribution in [-0.2, 0) is 6.61 Å². The second kappa shape index (κ2) is 5.69. The first-order valence-corrected chi connectivity index (χ1v) is 6.44. The summed E-state index contributed by atoms with van der Waals surface area (Å²) in [4.78, 5) is 0. The van der Waals surface area contributed by atoms with Gasteiger partial charge >= 0.3 is 0 Å². The van der Waals surface area contributed by atoms with Crippen LogP contribution in [0.4, 0.5) is 4.39 Å². The van der Waals surface area contributed by atoms with E-state index in [1.54, 1.807) is 12.1 Å². The van der Waals surface area contributed by atoms with Crippen molar-refractivity contribution in [2.75, 3.05) is 0 Å². The van der Waals surface area contributed by atoms with Crippen LogP contribution in [0.1, 0.15) is 5.56 Å². The summed E-state index contributed by atoms with van der Waals surface area (Å²) in [7, 11) is 0. The van der Waals surface area contributed by atoms with E-state index < -0.39 is 5.82 Å². The molecule has 0 radical (unpaired) electrons. The minimum atomic E-state index is -0.417. The minimum absolute atomic E-state index is 0.119. The van der Waals surface area contributed by atoms with E-state index in [1.807, 2.05) is 24.3 Å². The summed E-state index contributed by atoms with van der Waals surface area (Å²) in [5.41, 5.74) is 0.456. The Balaban J connectivity index is 2.13. The number of halogens is 3. The molecule has 0 aliphatic heterocycles. The third-order valence-corrected chi connectivity index (χ3v) is 3.43. The topological polar surface area (TPSA) is 9.23 Å². The van der Waals surface area contributed by atoms with Crippen LogP contribution in [0.3, 0.4) is 0 Å². The maximum Gasteiger partial charge on any atom is 0.148 e. The number of ether oxygens (including phenoxy) is 1. The molecule has 0 aliphatic carbocycles. The Morgan fingerprint density at radius 2 is 1.88 bits per heavy atom. The molecule has 17 heavy (non-hydrogen) atoms. The van der Waals surface area contributed by atoms with Gasteiger partial charge in [0.1, 0.15) is 18.2 Å². The molecule has 0 heterocycles. The summed E-state index contributed by atoms with van der Waals surface area (Å²) >= 11 is 7.87. The van der Waals surface area contributed by atoms with Crippen molar-refractivity contribution in [2.24, 2.45) is 0 Å². The normalized spacial score (nSPS) is 10.3. The second-order valence-corrected chi connectivity index (χ2v) is 5.00. The molecule has 0 spiro atoms. The van der Waals surface area contributed by atoms with E-state index >= 15 is 0 Å². The van der Waals surface area contributed by atoms with Crippen molar-refractivity contribution in [3.63, 3.8) is 0 Å². The summed E-state index contributed by atoms with van der Waals surface area (Å²) in [6.07, 6.45) is 0. The summed E-state index contributed by atoms with van der Waals surface area (Å²) in [6, 6.07) is 12.5. The number of hydrogen-bond acceptors (Lipinski definition) is 1. The Bertz CT molecular complexity index is 531. The van der Waals surface area contributed by atoms with E-state index in [-0.39, 0.29) is 11.6 Å². The molecular weight excluding hydrogens is 353 g/mol. The Kier molecular flexibility index (Phi) is 4.23. The standard InChI is InChI=1S/C13H9ClFIO/c14-10-5-3-4-9(13(10)15)8-17-12-7-2-1-6-11(12)16/h1-7H,8H2. The highest BCUT2D eigenvalue weighted by atomic mass is 127. The molecule has 88 valence electrons. The maximum atomic E-state index is 13.6. The van der Waals surface area contributed by atoms with E-state index in [9.17, 15) is 4.39 Å². The van der Waals surface area contributed by atoms with Crippen LogP contribution in [0.5, 0.6) is 5.75 Å². The molecule has 4 heteroatoms. The van der Waals surface area contributed by atoms with Crippen LogP contribution in [0.25, 0.3) is 0 Å². The second-order valence-electron chi connectivity index (χ2n) is 3.43. The number of para-hydroxylation sites is 1. The Morgan fingerprint density at radius 3 is 2.65 bits per heavy atom. The smallest absolute Gasteiger partial charge is 0.148 e. The largest absolute Gasteiger partial charge is 0.488 e. The number of hydrogen-bond donors (Lipinski definition) is 0. The van der Waals surface area contributed by atoms with Crippen LogP contribution in [0.2, 0.25) is 5.02 Å². The van der Waals surface area contributed by atoms with Gasteiger partial charge in [-0.3, -0.25) is 0 Å². The lowest BCUT2D eigenvalue weighted by Gasteiger charge is -2.09. The Morgan fingerprint density at radius 1 is 1.12 bits per heavy atom. The zero-order chi connectivity index (χ0) is 12.3. The highest BCUT2D eigenvalue weighted by molar-refractivity contribution is 14.1. The quantitative estimate of drug-likeness (QED) is 0.722. The Hall–Kier alpha value is -0.810. The molecule has 0 aromatic heterocycles. The lowest BCUT2D eigenvalue weighted by molar-refractivity contribution is 0.298. The van der Waals surface area contributed by atoms with Crippen LogP contribution in [0.15, 0.2) is 42.5 Å². The molecule has 0 saturated heterocycles. The van der Waals surface area contributed by atoms with Crippen molar-refractivity contribution in [3.8, 4) is 5.75 Å². The maximum absolute atomic E-state index is 13.6. The number of benzene rings is 2. The fourth-order valence-electron chi connectivity index (χ4n) is 1.38. The monoisotopic (exact) mass is 362 g/mol. The fourth-order valence-corrected chi connectivity index (χ4v) is 2.11. The van der Waals surface area contributed by atoms with Crippen LogP contribution >= 0.6 is 34.2 Å². The molecule has 1 nitrogen and oxygen atoms in total. The zero-order valence-corrected chi connectivity index (χ0v) is 11.7. The molecule has 0 amide bonds. The zero-order valence-electron chi connectivity index (χ0n) is 8.79. The molecule has 0 fully saturated rings. The van der Waals surface area contributed by atoms with Crippen molar-refractivity contribution in [3.05, 3.63) is 62.4 Å². The summed E-state index contributed by atoms with van der Waals surface area (Å²) in [6.45, 7) is 0.173. The minimum Gasteiger partial charge on any atom is -0.488 e. The van der Waals surface area contributed by atoms with E-state index in [1.165, 1.54) is 6.07 Å². The average Bonchev–Trinajstić information content (AvgIpc) is 2.33. The van der Waals surface area contributed by atoms with Crippen molar-refractivity contribution < 1.29 is 9.13 Å². The number of rotatable bonds is 3. The van der Waals surface area contributed by atoms with Gasteiger partial charge in [0.2, 0.25) is 0 Å². The molecule has 2 aromatic carbocycles. The van der Waals surface area contributed by atoms with Crippen molar-refractivity contribution in [1.82, 2.24) is 0 Å². The average molecular weight is 363 g/mol.